The molecule has 24 heavy (non-hydrogen) atoms. The van der Waals surface area contributed by atoms with Crippen LogP contribution in [0.5, 0.6) is 0 Å². The SMILES string of the molecule is CN(CC1COCCOCCOCCOCCO1)c1ccccc1. The van der Waals surface area contributed by atoms with Crippen LogP contribution < -0.4 is 4.90 Å². The zero-order valence-corrected chi connectivity index (χ0v) is 14.5. The number of rotatable bonds is 3. The molecule has 0 saturated carbocycles. The van der Waals surface area contributed by atoms with Gasteiger partial charge in [0.1, 0.15) is 0 Å². The van der Waals surface area contributed by atoms with Crippen LogP contribution >= 0.6 is 0 Å². The van der Waals surface area contributed by atoms with E-state index in [4.69, 9.17) is 23.7 Å². The Morgan fingerprint density at radius 1 is 0.792 bits per heavy atom. The van der Waals surface area contributed by atoms with Crippen molar-refractivity contribution in [1.82, 2.24) is 0 Å². The Hall–Kier alpha value is -1.18. The minimum atomic E-state index is -0.0137. The van der Waals surface area contributed by atoms with E-state index in [1.807, 2.05) is 18.2 Å². The van der Waals surface area contributed by atoms with Crippen molar-refractivity contribution in [3.8, 4) is 0 Å². The van der Waals surface area contributed by atoms with E-state index < -0.39 is 0 Å². The maximum Gasteiger partial charge on any atom is 0.0983 e. The first-order valence-corrected chi connectivity index (χ1v) is 8.55. The van der Waals surface area contributed by atoms with Crippen LogP contribution in [0, 0.1) is 0 Å². The number of hydrogen-bond donors (Lipinski definition) is 0. The minimum absolute atomic E-state index is 0.0137. The molecule has 0 radical (unpaired) electrons. The van der Waals surface area contributed by atoms with Crippen LogP contribution in [0.25, 0.3) is 0 Å². The molecule has 0 aliphatic carbocycles. The first-order valence-electron chi connectivity index (χ1n) is 8.55. The maximum atomic E-state index is 5.94. The fraction of sp³-hybridized carbons (Fsp3) is 0.667. The molecule has 2 rings (SSSR count). The quantitative estimate of drug-likeness (QED) is 0.833. The van der Waals surface area contributed by atoms with Crippen molar-refractivity contribution < 1.29 is 23.7 Å². The number of benzene rings is 1. The predicted molar refractivity (Wildman–Crippen MR) is 92.7 cm³/mol. The van der Waals surface area contributed by atoms with Gasteiger partial charge >= 0.3 is 0 Å². The lowest BCUT2D eigenvalue weighted by atomic mass is 10.2. The Bertz CT molecular complexity index is 401. The Labute approximate surface area is 144 Å². The highest BCUT2D eigenvalue weighted by Gasteiger charge is 2.13. The highest BCUT2D eigenvalue weighted by Crippen LogP contribution is 2.12. The summed E-state index contributed by atoms with van der Waals surface area (Å²) in [6, 6.07) is 10.3. The van der Waals surface area contributed by atoms with Crippen LogP contribution in [-0.2, 0) is 23.7 Å². The lowest BCUT2D eigenvalue weighted by Gasteiger charge is -2.26. The van der Waals surface area contributed by atoms with Gasteiger partial charge < -0.3 is 28.6 Å². The molecule has 1 aliphatic heterocycles. The fourth-order valence-electron chi connectivity index (χ4n) is 2.40. The smallest absolute Gasteiger partial charge is 0.0983 e. The second-order valence-electron chi connectivity index (χ2n) is 5.62. The van der Waals surface area contributed by atoms with Gasteiger partial charge in [-0.25, -0.2) is 0 Å². The number of nitrogens with zero attached hydrogens (tertiary/aromatic N) is 1. The van der Waals surface area contributed by atoms with E-state index in [1.165, 1.54) is 0 Å². The van der Waals surface area contributed by atoms with Crippen molar-refractivity contribution in [2.75, 3.05) is 78.0 Å². The highest BCUT2D eigenvalue weighted by atomic mass is 16.6. The van der Waals surface area contributed by atoms with E-state index in [0.29, 0.717) is 59.5 Å². The normalized spacial score (nSPS) is 22.3. The molecule has 1 heterocycles. The summed E-state index contributed by atoms with van der Waals surface area (Å²) >= 11 is 0. The van der Waals surface area contributed by atoms with Gasteiger partial charge in [-0.15, -0.1) is 0 Å². The highest BCUT2D eigenvalue weighted by molar-refractivity contribution is 5.45. The van der Waals surface area contributed by atoms with E-state index in [1.54, 1.807) is 0 Å². The third-order valence-corrected chi connectivity index (χ3v) is 3.68. The van der Waals surface area contributed by atoms with Crippen molar-refractivity contribution in [2.45, 2.75) is 6.10 Å². The largest absolute Gasteiger partial charge is 0.377 e. The molecule has 1 saturated heterocycles. The molecular weight excluding hydrogens is 310 g/mol. The fourth-order valence-corrected chi connectivity index (χ4v) is 2.40. The van der Waals surface area contributed by atoms with Crippen LogP contribution in [0.15, 0.2) is 30.3 Å². The molecule has 6 heteroatoms. The van der Waals surface area contributed by atoms with E-state index in [-0.39, 0.29) is 6.10 Å². The topological polar surface area (TPSA) is 49.4 Å². The van der Waals surface area contributed by atoms with Gasteiger partial charge in [-0.05, 0) is 12.1 Å². The van der Waals surface area contributed by atoms with Gasteiger partial charge in [0.25, 0.3) is 0 Å². The van der Waals surface area contributed by atoms with Crippen LogP contribution in [0.1, 0.15) is 0 Å². The summed E-state index contributed by atoms with van der Waals surface area (Å²) in [5, 5.41) is 0. The minimum Gasteiger partial charge on any atom is -0.377 e. The van der Waals surface area contributed by atoms with Crippen molar-refractivity contribution in [2.24, 2.45) is 0 Å². The summed E-state index contributed by atoms with van der Waals surface area (Å²) in [4.78, 5) is 2.17. The molecule has 136 valence electrons. The number of likely N-dealkylation sites (N-methyl/N-ethyl adjacent to an activating group) is 1. The summed E-state index contributed by atoms with van der Waals surface area (Å²) < 4.78 is 28.0. The molecule has 1 aliphatic rings. The van der Waals surface area contributed by atoms with E-state index in [9.17, 15) is 0 Å². The zero-order chi connectivity index (χ0) is 16.9. The summed E-state index contributed by atoms with van der Waals surface area (Å²) in [7, 11) is 2.06. The molecule has 0 amide bonds. The molecule has 1 unspecified atom stereocenters. The molecule has 6 nitrogen and oxygen atoms in total. The molecule has 1 aromatic rings. The van der Waals surface area contributed by atoms with E-state index in [0.717, 1.165) is 12.2 Å². The zero-order valence-electron chi connectivity index (χ0n) is 14.5. The summed E-state index contributed by atoms with van der Waals surface area (Å²) in [6.07, 6.45) is -0.0137. The third-order valence-electron chi connectivity index (χ3n) is 3.68. The van der Waals surface area contributed by atoms with Crippen molar-refractivity contribution in [3.05, 3.63) is 30.3 Å². The third kappa shape index (κ3) is 8.08. The number of anilines is 1. The standard InChI is InChI=1S/C18H29NO5/c1-19(17-5-3-2-4-6-17)15-18-16-23-12-11-21-8-7-20-9-10-22-13-14-24-18/h2-6,18H,7-16H2,1H3. The van der Waals surface area contributed by atoms with Crippen LogP contribution in [0.2, 0.25) is 0 Å². The molecular formula is C18H29NO5. The monoisotopic (exact) mass is 339 g/mol. The van der Waals surface area contributed by atoms with E-state index in [2.05, 4.69) is 24.1 Å². The molecule has 0 spiro atoms. The van der Waals surface area contributed by atoms with Gasteiger partial charge in [0.15, 0.2) is 0 Å². The second-order valence-corrected chi connectivity index (χ2v) is 5.62. The van der Waals surface area contributed by atoms with Gasteiger partial charge in [-0.3, -0.25) is 0 Å². The Morgan fingerprint density at radius 2 is 1.33 bits per heavy atom. The van der Waals surface area contributed by atoms with Crippen molar-refractivity contribution >= 4 is 5.69 Å². The van der Waals surface area contributed by atoms with Crippen molar-refractivity contribution in [1.29, 1.82) is 0 Å². The molecule has 0 aromatic heterocycles. The summed E-state index contributed by atoms with van der Waals surface area (Å²) in [6.45, 7) is 5.87. The molecule has 1 atom stereocenters. The first kappa shape index (κ1) is 19.1. The lowest BCUT2D eigenvalue weighted by molar-refractivity contribution is -0.0418. The van der Waals surface area contributed by atoms with Crippen LogP contribution in [0.4, 0.5) is 5.69 Å². The predicted octanol–water partition coefficient (Wildman–Crippen LogP) is 1.59. The van der Waals surface area contributed by atoms with E-state index >= 15 is 0 Å². The first-order chi connectivity index (χ1) is 11.9. The number of hydrogen-bond acceptors (Lipinski definition) is 6. The summed E-state index contributed by atoms with van der Waals surface area (Å²) in [5.74, 6) is 0. The Morgan fingerprint density at radius 3 is 1.96 bits per heavy atom. The molecule has 0 bridgehead atoms. The number of para-hydroxylation sites is 1. The number of ether oxygens (including phenoxy) is 5. The molecule has 1 fully saturated rings. The van der Waals surface area contributed by atoms with Gasteiger partial charge in [0.2, 0.25) is 0 Å². The average Bonchev–Trinajstić information content (AvgIpc) is 2.62. The Kier molecular flexibility index (Phi) is 9.75. The molecule has 0 N–H and O–H groups in total. The summed E-state index contributed by atoms with van der Waals surface area (Å²) in [5.41, 5.74) is 1.16. The van der Waals surface area contributed by atoms with Gasteiger partial charge in [0.05, 0.1) is 65.6 Å². The van der Waals surface area contributed by atoms with Crippen LogP contribution in [0.3, 0.4) is 0 Å². The van der Waals surface area contributed by atoms with Crippen LogP contribution in [-0.4, -0.2) is 79.2 Å². The van der Waals surface area contributed by atoms with Gasteiger partial charge in [-0.2, -0.15) is 0 Å². The lowest BCUT2D eigenvalue weighted by Crippen LogP contribution is -2.35. The second kappa shape index (κ2) is 12.2. The van der Waals surface area contributed by atoms with Gasteiger partial charge in [0, 0.05) is 19.3 Å². The average molecular weight is 339 g/mol. The van der Waals surface area contributed by atoms with Gasteiger partial charge in [-0.1, -0.05) is 18.2 Å². The maximum absolute atomic E-state index is 5.94. The Balaban J connectivity index is 1.80. The van der Waals surface area contributed by atoms with Crippen molar-refractivity contribution in [3.63, 3.8) is 0 Å². The molecule has 1 aromatic carbocycles.